The number of alkyl halides is 3. The first-order valence-electron chi connectivity index (χ1n) is 4.93. The van der Waals surface area contributed by atoms with E-state index in [1.165, 1.54) is 0 Å². The predicted octanol–water partition coefficient (Wildman–Crippen LogP) is 1.58. The fraction of sp³-hybridized carbons (Fsp3) is 0.364. The Kier molecular flexibility index (Phi) is 3.77. The Hall–Kier alpha value is -1.56. The largest absolute Gasteiger partial charge is 0.415 e. The minimum Gasteiger partial charge on any atom is -0.350 e. The highest BCUT2D eigenvalue weighted by molar-refractivity contribution is 5.86. The zero-order valence-electron chi connectivity index (χ0n) is 9.21. The van der Waals surface area contributed by atoms with Crippen LogP contribution in [-0.4, -0.2) is 17.6 Å². The third-order valence-corrected chi connectivity index (χ3v) is 2.36. The molecule has 0 aliphatic carbocycles. The summed E-state index contributed by atoms with van der Waals surface area (Å²) in [5.74, 6) is -1.24. The number of nitrogens with two attached hydrogens (primary N) is 1. The standard InChI is InChI=1S/C11H13F3N2O/c1-10(15,11(12,13)14)9(17)16-7-8-5-3-2-4-6-8/h2-6H,7,15H2,1H3,(H,16,17). The number of hydrogen-bond acceptors (Lipinski definition) is 2. The lowest BCUT2D eigenvalue weighted by atomic mass is 10.0. The van der Waals surface area contributed by atoms with E-state index < -0.39 is 17.6 Å². The van der Waals surface area contributed by atoms with Gasteiger partial charge in [-0.05, 0) is 12.5 Å². The van der Waals surface area contributed by atoms with Gasteiger partial charge in [-0.25, -0.2) is 0 Å². The van der Waals surface area contributed by atoms with Gasteiger partial charge in [-0.2, -0.15) is 13.2 Å². The van der Waals surface area contributed by atoms with Crippen molar-refractivity contribution < 1.29 is 18.0 Å². The number of halogens is 3. The summed E-state index contributed by atoms with van der Waals surface area (Å²) >= 11 is 0. The van der Waals surface area contributed by atoms with Gasteiger partial charge in [0.05, 0.1) is 0 Å². The van der Waals surface area contributed by atoms with Crippen LogP contribution in [0.4, 0.5) is 13.2 Å². The van der Waals surface area contributed by atoms with Gasteiger partial charge in [0.15, 0.2) is 5.54 Å². The van der Waals surface area contributed by atoms with E-state index in [1.54, 1.807) is 30.3 Å². The third kappa shape index (κ3) is 3.20. The van der Waals surface area contributed by atoms with Crippen molar-refractivity contribution in [2.45, 2.75) is 25.2 Å². The molecule has 0 radical (unpaired) electrons. The van der Waals surface area contributed by atoms with Crippen LogP contribution >= 0.6 is 0 Å². The summed E-state index contributed by atoms with van der Waals surface area (Å²) in [6.45, 7) is 0.663. The third-order valence-electron chi connectivity index (χ3n) is 2.36. The zero-order valence-corrected chi connectivity index (χ0v) is 9.21. The molecule has 0 heterocycles. The number of nitrogens with one attached hydrogen (secondary N) is 1. The number of amides is 1. The van der Waals surface area contributed by atoms with Crippen molar-refractivity contribution in [2.75, 3.05) is 0 Å². The first kappa shape index (κ1) is 13.5. The summed E-state index contributed by atoms with van der Waals surface area (Å²) in [5, 5.41) is 2.16. The molecule has 3 nitrogen and oxygen atoms in total. The second-order valence-electron chi connectivity index (χ2n) is 3.87. The first-order chi connectivity index (χ1) is 7.75. The van der Waals surface area contributed by atoms with E-state index in [-0.39, 0.29) is 6.54 Å². The van der Waals surface area contributed by atoms with Crippen molar-refractivity contribution in [1.82, 2.24) is 5.32 Å². The van der Waals surface area contributed by atoms with Gasteiger partial charge in [0.2, 0.25) is 5.91 Å². The minimum absolute atomic E-state index is 0.0164. The molecule has 0 spiro atoms. The monoisotopic (exact) mass is 246 g/mol. The van der Waals surface area contributed by atoms with E-state index >= 15 is 0 Å². The highest BCUT2D eigenvalue weighted by atomic mass is 19.4. The fourth-order valence-electron chi connectivity index (χ4n) is 1.09. The summed E-state index contributed by atoms with van der Waals surface area (Å²) in [4.78, 5) is 11.3. The zero-order chi connectivity index (χ0) is 13.1. The molecule has 1 atom stereocenters. The molecule has 1 amide bonds. The van der Waals surface area contributed by atoms with Crippen molar-refractivity contribution in [1.29, 1.82) is 0 Å². The fourth-order valence-corrected chi connectivity index (χ4v) is 1.09. The van der Waals surface area contributed by atoms with Crippen molar-refractivity contribution in [2.24, 2.45) is 5.73 Å². The van der Waals surface area contributed by atoms with Crippen LogP contribution in [0.3, 0.4) is 0 Å². The van der Waals surface area contributed by atoms with Crippen LogP contribution in [0.25, 0.3) is 0 Å². The van der Waals surface area contributed by atoms with E-state index in [0.29, 0.717) is 12.5 Å². The number of benzene rings is 1. The van der Waals surface area contributed by atoms with Crippen LogP contribution in [0.1, 0.15) is 12.5 Å². The van der Waals surface area contributed by atoms with Crippen molar-refractivity contribution in [3.63, 3.8) is 0 Å². The van der Waals surface area contributed by atoms with Gasteiger partial charge in [0.25, 0.3) is 0 Å². The smallest absolute Gasteiger partial charge is 0.350 e. The Morgan fingerprint density at radius 3 is 2.29 bits per heavy atom. The van der Waals surface area contributed by atoms with E-state index in [1.807, 2.05) is 0 Å². The maximum absolute atomic E-state index is 12.4. The molecule has 0 fully saturated rings. The van der Waals surface area contributed by atoms with Crippen LogP contribution in [0.15, 0.2) is 30.3 Å². The molecule has 0 saturated heterocycles. The summed E-state index contributed by atoms with van der Waals surface area (Å²) in [7, 11) is 0. The molecule has 6 heteroatoms. The lowest BCUT2D eigenvalue weighted by Crippen LogP contribution is -2.61. The summed E-state index contributed by atoms with van der Waals surface area (Å²) in [5.41, 5.74) is 2.80. The highest BCUT2D eigenvalue weighted by Gasteiger charge is 2.53. The topological polar surface area (TPSA) is 55.1 Å². The van der Waals surface area contributed by atoms with E-state index in [9.17, 15) is 18.0 Å². The number of carbonyl (C=O) groups excluding carboxylic acids is 1. The molecule has 0 bridgehead atoms. The second-order valence-corrected chi connectivity index (χ2v) is 3.87. The van der Waals surface area contributed by atoms with Crippen LogP contribution in [0.2, 0.25) is 0 Å². The predicted molar refractivity (Wildman–Crippen MR) is 56.9 cm³/mol. The number of carbonyl (C=O) groups is 1. The molecule has 0 aliphatic rings. The van der Waals surface area contributed by atoms with Gasteiger partial charge in [-0.15, -0.1) is 0 Å². The normalized spacial score (nSPS) is 15.1. The summed E-state index contributed by atoms with van der Waals surface area (Å²) < 4.78 is 37.3. The van der Waals surface area contributed by atoms with Gasteiger partial charge >= 0.3 is 6.18 Å². The average Bonchev–Trinajstić information content (AvgIpc) is 2.25. The van der Waals surface area contributed by atoms with E-state index in [4.69, 9.17) is 5.73 Å². The molecule has 94 valence electrons. The van der Waals surface area contributed by atoms with Crippen LogP contribution in [-0.2, 0) is 11.3 Å². The Morgan fingerprint density at radius 2 is 1.82 bits per heavy atom. The van der Waals surface area contributed by atoms with Gasteiger partial charge in [0, 0.05) is 6.54 Å². The number of rotatable bonds is 3. The average molecular weight is 246 g/mol. The van der Waals surface area contributed by atoms with E-state index in [2.05, 4.69) is 5.32 Å². The van der Waals surface area contributed by atoms with Gasteiger partial charge in [0.1, 0.15) is 0 Å². The quantitative estimate of drug-likeness (QED) is 0.850. The van der Waals surface area contributed by atoms with Crippen LogP contribution in [0.5, 0.6) is 0 Å². The molecule has 0 saturated carbocycles. The molecular weight excluding hydrogens is 233 g/mol. The molecular formula is C11H13F3N2O. The van der Waals surface area contributed by atoms with E-state index in [0.717, 1.165) is 0 Å². The maximum Gasteiger partial charge on any atom is 0.415 e. The van der Waals surface area contributed by atoms with Crippen molar-refractivity contribution >= 4 is 5.91 Å². The first-order valence-corrected chi connectivity index (χ1v) is 4.93. The maximum atomic E-state index is 12.4. The van der Waals surface area contributed by atoms with Crippen molar-refractivity contribution in [3.05, 3.63) is 35.9 Å². The molecule has 1 aromatic rings. The van der Waals surface area contributed by atoms with Crippen LogP contribution < -0.4 is 11.1 Å². The Labute approximate surface area is 96.8 Å². The van der Waals surface area contributed by atoms with Crippen molar-refractivity contribution in [3.8, 4) is 0 Å². The minimum atomic E-state index is -4.77. The molecule has 1 unspecified atom stereocenters. The number of hydrogen-bond donors (Lipinski definition) is 2. The molecule has 1 rings (SSSR count). The van der Waals surface area contributed by atoms with Gasteiger partial charge in [-0.1, -0.05) is 30.3 Å². The lowest BCUT2D eigenvalue weighted by molar-refractivity contribution is -0.187. The second kappa shape index (κ2) is 4.75. The van der Waals surface area contributed by atoms with Gasteiger partial charge < -0.3 is 11.1 Å². The molecule has 1 aromatic carbocycles. The Morgan fingerprint density at radius 1 is 1.29 bits per heavy atom. The molecule has 17 heavy (non-hydrogen) atoms. The molecule has 3 N–H and O–H groups in total. The lowest BCUT2D eigenvalue weighted by Gasteiger charge is -2.26. The SMILES string of the molecule is CC(N)(C(=O)NCc1ccccc1)C(F)(F)F. The van der Waals surface area contributed by atoms with Gasteiger partial charge in [-0.3, -0.25) is 4.79 Å². The summed E-state index contributed by atoms with van der Waals surface area (Å²) in [6.07, 6.45) is -4.77. The summed E-state index contributed by atoms with van der Waals surface area (Å²) in [6, 6.07) is 8.62. The Bertz CT molecular complexity index is 387. The highest BCUT2D eigenvalue weighted by Crippen LogP contribution is 2.27. The molecule has 0 aliphatic heterocycles. The Balaban J connectivity index is 2.62. The van der Waals surface area contributed by atoms with Crippen LogP contribution in [0, 0.1) is 0 Å². The molecule has 0 aromatic heterocycles.